The van der Waals surface area contributed by atoms with Crippen LogP contribution in [0.25, 0.3) is 0 Å². The fourth-order valence-electron chi connectivity index (χ4n) is 2.38. The lowest BCUT2D eigenvalue weighted by molar-refractivity contribution is -0.143. The van der Waals surface area contributed by atoms with Crippen LogP contribution in [0.5, 0.6) is 11.5 Å². The van der Waals surface area contributed by atoms with E-state index in [9.17, 15) is 13.6 Å². The molecular weight excluding hydrogens is 358 g/mol. The van der Waals surface area contributed by atoms with Crippen LogP contribution < -0.4 is 9.47 Å². The SMILES string of the molecule is CCOC(=O)CCc1cc(F)c(OCc2cccc(OCOC)c2)c(F)c1. The summed E-state index contributed by atoms with van der Waals surface area (Å²) < 4.78 is 48.7. The van der Waals surface area contributed by atoms with Gasteiger partial charge in [0.05, 0.1) is 6.61 Å². The van der Waals surface area contributed by atoms with Crippen LogP contribution in [0, 0.1) is 11.6 Å². The number of hydrogen-bond acceptors (Lipinski definition) is 5. The van der Waals surface area contributed by atoms with Gasteiger partial charge in [0.25, 0.3) is 0 Å². The molecule has 0 spiro atoms. The first-order valence-corrected chi connectivity index (χ1v) is 8.50. The van der Waals surface area contributed by atoms with Gasteiger partial charge >= 0.3 is 5.97 Å². The molecule has 7 heteroatoms. The third-order valence-corrected chi connectivity index (χ3v) is 3.61. The van der Waals surface area contributed by atoms with Crippen molar-refractivity contribution >= 4 is 5.97 Å². The van der Waals surface area contributed by atoms with Gasteiger partial charge in [0.15, 0.2) is 24.2 Å². The van der Waals surface area contributed by atoms with Crippen LogP contribution >= 0.6 is 0 Å². The van der Waals surface area contributed by atoms with Crippen molar-refractivity contribution in [3.8, 4) is 11.5 Å². The van der Waals surface area contributed by atoms with E-state index < -0.39 is 23.4 Å². The maximum absolute atomic E-state index is 14.2. The summed E-state index contributed by atoms with van der Waals surface area (Å²) in [6.45, 7) is 2.04. The van der Waals surface area contributed by atoms with Crippen LogP contribution in [0.2, 0.25) is 0 Å². The van der Waals surface area contributed by atoms with E-state index in [4.69, 9.17) is 18.9 Å². The number of aryl methyl sites for hydroxylation is 1. The number of carbonyl (C=O) groups is 1. The van der Waals surface area contributed by atoms with Crippen molar-refractivity contribution in [3.05, 3.63) is 59.2 Å². The highest BCUT2D eigenvalue weighted by Crippen LogP contribution is 2.25. The lowest BCUT2D eigenvalue weighted by Gasteiger charge is -2.11. The Morgan fingerprint density at radius 2 is 1.78 bits per heavy atom. The molecule has 0 aromatic heterocycles. The van der Waals surface area contributed by atoms with Crippen LogP contribution in [0.1, 0.15) is 24.5 Å². The Hall–Kier alpha value is -2.67. The molecule has 2 aromatic rings. The standard InChI is InChI=1S/C20H22F2O5/c1-3-25-19(23)8-7-14-10-17(21)20(18(22)11-14)26-12-15-5-4-6-16(9-15)27-13-24-2/h4-6,9-11H,3,7-8,12-13H2,1-2H3. The molecule has 0 saturated heterocycles. The van der Waals surface area contributed by atoms with Crippen molar-refractivity contribution in [2.45, 2.75) is 26.4 Å². The van der Waals surface area contributed by atoms with Crippen LogP contribution in [-0.2, 0) is 27.3 Å². The van der Waals surface area contributed by atoms with Crippen LogP contribution in [0.15, 0.2) is 36.4 Å². The number of rotatable bonds is 10. The first kappa shape index (κ1) is 20.6. The number of halogens is 2. The summed E-state index contributed by atoms with van der Waals surface area (Å²) in [7, 11) is 1.51. The van der Waals surface area contributed by atoms with E-state index >= 15 is 0 Å². The van der Waals surface area contributed by atoms with E-state index in [-0.39, 0.29) is 32.8 Å². The van der Waals surface area contributed by atoms with Gasteiger partial charge in [0.1, 0.15) is 12.4 Å². The molecule has 0 bridgehead atoms. The summed E-state index contributed by atoms with van der Waals surface area (Å²) in [6, 6.07) is 9.26. The van der Waals surface area contributed by atoms with Gasteiger partial charge in [-0.15, -0.1) is 0 Å². The maximum atomic E-state index is 14.2. The molecule has 0 fully saturated rings. The minimum atomic E-state index is -0.819. The zero-order valence-electron chi connectivity index (χ0n) is 15.3. The Morgan fingerprint density at radius 1 is 1.04 bits per heavy atom. The molecule has 0 unspecified atom stereocenters. The van der Waals surface area contributed by atoms with E-state index in [2.05, 4.69) is 0 Å². The van der Waals surface area contributed by atoms with Gasteiger partial charge in [-0.1, -0.05) is 12.1 Å². The van der Waals surface area contributed by atoms with E-state index in [1.165, 1.54) is 7.11 Å². The summed E-state index contributed by atoms with van der Waals surface area (Å²) in [5.74, 6) is -1.94. The van der Waals surface area contributed by atoms with Gasteiger partial charge in [-0.3, -0.25) is 4.79 Å². The molecule has 27 heavy (non-hydrogen) atoms. The molecule has 0 heterocycles. The van der Waals surface area contributed by atoms with Crippen LogP contribution in [0.4, 0.5) is 8.78 Å². The van der Waals surface area contributed by atoms with Gasteiger partial charge in [-0.25, -0.2) is 8.78 Å². The summed E-state index contributed by atoms with van der Waals surface area (Å²) in [5, 5.41) is 0. The van der Waals surface area contributed by atoms with Crippen molar-refractivity contribution in [2.75, 3.05) is 20.5 Å². The lowest BCUT2D eigenvalue weighted by Crippen LogP contribution is -2.06. The molecule has 2 aromatic carbocycles. The van der Waals surface area contributed by atoms with Crippen molar-refractivity contribution in [3.63, 3.8) is 0 Å². The summed E-state index contributed by atoms with van der Waals surface area (Å²) in [5.41, 5.74) is 1.05. The molecule has 0 N–H and O–H groups in total. The zero-order valence-corrected chi connectivity index (χ0v) is 15.3. The minimum Gasteiger partial charge on any atom is -0.483 e. The Balaban J connectivity index is 1.99. The van der Waals surface area contributed by atoms with E-state index in [1.807, 2.05) is 0 Å². The molecule has 0 aliphatic carbocycles. The van der Waals surface area contributed by atoms with Crippen LogP contribution in [0.3, 0.4) is 0 Å². The molecular formula is C20H22F2O5. The molecule has 2 rings (SSSR count). The number of ether oxygens (including phenoxy) is 4. The third kappa shape index (κ3) is 6.53. The van der Waals surface area contributed by atoms with Crippen molar-refractivity contribution in [2.24, 2.45) is 0 Å². The normalized spacial score (nSPS) is 10.5. The number of carbonyl (C=O) groups excluding carboxylic acids is 1. The van der Waals surface area contributed by atoms with Gasteiger partial charge in [-0.2, -0.15) is 0 Å². The molecule has 146 valence electrons. The highest BCUT2D eigenvalue weighted by molar-refractivity contribution is 5.69. The summed E-state index contributed by atoms with van der Waals surface area (Å²) >= 11 is 0. The smallest absolute Gasteiger partial charge is 0.306 e. The highest BCUT2D eigenvalue weighted by atomic mass is 19.1. The van der Waals surface area contributed by atoms with Gasteiger partial charge in [0.2, 0.25) is 0 Å². The van der Waals surface area contributed by atoms with Gasteiger partial charge < -0.3 is 18.9 Å². The van der Waals surface area contributed by atoms with Crippen molar-refractivity contribution in [1.82, 2.24) is 0 Å². The molecule has 0 aliphatic rings. The second-order valence-electron chi connectivity index (χ2n) is 5.68. The fraction of sp³-hybridized carbons (Fsp3) is 0.350. The molecule has 0 saturated carbocycles. The third-order valence-electron chi connectivity index (χ3n) is 3.61. The summed E-state index contributed by atoms with van der Waals surface area (Å²) in [6.07, 6.45) is 0.243. The Labute approximate surface area is 156 Å². The minimum absolute atomic E-state index is 0.0276. The summed E-state index contributed by atoms with van der Waals surface area (Å²) in [4.78, 5) is 11.4. The maximum Gasteiger partial charge on any atom is 0.306 e. The Kier molecular flexibility index (Phi) is 8.00. The quantitative estimate of drug-likeness (QED) is 0.460. The number of hydrogen-bond donors (Lipinski definition) is 0. The van der Waals surface area contributed by atoms with Crippen molar-refractivity contribution in [1.29, 1.82) is 0 Å². The van der Waals surface area contributed by atoms with E-state index in [1.54, 1.807) is 31.2 Å². The Morgan fingerprint density at radius 3 is 2.44 bits per heavy atom. The fourth-order valence-corrected chi connectivity index (χ4v) is 2.38. The molecule has 0 atom stereocenters. The average Bonchev–Trinajstić information content (AvgIpc) is 2.64. The highest BCUT2D eigenvalue weighted by Gasteiger charge is 2.14. The monoisotopic (exact) mass is 380 g/mol. The predicted molar refractivity (Wildman–Crippen MR) is 94.6 cm³/mol. The van der Waals surface area contributed by atoms with Crippen molar-refractivity contribution < 1.29 is 32.5 Å². The first-order chi connectivity index (χ1) is 13.0. The topological polar surface area (TPSA) is 54.0 Å². The molecule has 0 aliphatic heterocycles. The Bertz CT molecular complexity index is 741. The second kappa shape index (κ2) is 10.5. The lowest BCUT2D eigenvalue weighted by atomic mass is 10.1. The zero-order chi connectivity index (χ0) is 19.6. The van der Waals surface area contributed by atoms with E-state index in [0.29, 0.717) is 16.9 Å². The largest absolute Gasteiger partial charge is 0.483 e. The van der Waals surface area contributed by atoms with E-state index in [0.717, 1.165) is 12.1 Å². The number of benzene rings is 2. The number of esters is 1. The molecule has 5 nitrogen and oxygen atoms in total. The predicted octanol–water partition coefficient (Wildman–Crippen LogP) is 4.02. The first-order valence-electron chi connectivity index (χ1n) is 8.50. The molecule has 0 amide bonds. The van der Waals surface area contributed by atoms with Gasteiger partial charge in [-0.05, 0) is 48.7 Å². The average molecular weight is 380 g/mol. The second-order valence-corrected chi connectivity index (χ2v) is 5.68. The van der Waals surface area contributed by atoms with Crippen LogP contribution in [-0.4, -0.2) is 26.5 Å². The van der Waals surface area contributed by atoms with Gasteiger partial charge in [0, 0.05) is 13.5 Å². The number of methoxy groups -OCH3 is 1. The molecule has 0 radical (unpaired) electrons.